The Labute approximate surface area is 203 Å². The van der Waals surface area contributed by atoms with E-state index in [1.54, 1.807) is 30.6 Å². The van der Waals surface area contributed by atoms with Gasteiger partial charge < -0.3 is 19.5 Å². The topological polar surface area (TPSA) is 93.0 Å². The number of aromatic amines is 1. The van der Waals surface area contributed by atoms with Crippen LogP contribution in [0.1, 0.15) is 48.1 Å². The van der Waals surface area contributed by atoms with Crippen LogP contribution < -0.4 is 19.6 Å². The average Bonchev–Trinajstić information content (AvgIpc) is 3.13. The number of fused-ring (bicyclic) bond motifs is 1. The molecule has 2 aliphatic heterocycles. The van der Waals surface area contributed by atoms with Crippen molar-refractivity contribution in [2.45, 2.75) is 32.4 Å². The molecule has 0 radical (unpaired) electrons. The van der Waals surface area contributed by atoms with Crippen LogP contribution >= 0.6 is 0 Å². The van der Waals surface area contributed by atoms with Gasteiger partial charge >= 0.3 is 0 Å². The van der Waals surface area contributed by atoms with Crippen LogP contribution in [0.5, 0.6) is 11.5 Å². The SMILES string of the molecule is CC(C)c1ccc(C2/C(=C(\[O-])c3ccc4c(c3)OCCO4)C(=O)C(=O)N2Cc2cc[nH+]cc2)cc1. The van der Waals surface area contributed by atoms with Gasteiger partial charge in [0.05, 0.1) is 6.04 Å². The highest BCUT2D eigenvalue weighted by Crippen LogP contribution is 2.41. The number of rotatable bonds is 5. The Morgan fingerprint density at radius 2 is 1.69 bits per heavy atom. The first kappa shape index (κ1) is 22.7. The van der Waals surface area contributed by atoms with Gasteiger partial charge in [-0.1, -0.05) is 49.9 Å². The van der Waals surface area contributed by atoms with Gasteiger partial charge in [-0.3, -0.25) is 9.59 Å². The lowest BCUT2D eigenvalue weighted by Crippen LogP contribution is -2.29. The van der Waals surface area contributed by atoms with E-state index in [-0.39, 0.29) is 17.7 Å². The molecule has 0 saturated carbocycles. The van der Waals surface area contributed by atoms with Gasteiger partial charge in [0.2, 0.25) is 5.78 Å². The van der Waals surface area contributed by atoms with E-state index in [2.05, 4.69) is 18.8 Å². The number of benzene rings is 2. The van der Waals surface area contributed by atoms with Gasteiger partial charge in [-0.2, -0.15) is 0 Å². The third-order valence-electron chi connectivity index (χ3n) is 6.39. The van der Waals surface area contributed by atoms with Gasteiger partial charge in [-0.05, 0) is 40.3 Å². The van der Waals surface area contributed by atoms with Gasteiger partial charge in [0.15, 0.2) is 23.9 Å². The molecule has 1 atom stereocenters. The molecule has 1 amide bonds. The van der Waals surface area contributed by atoms with E-state index in [0.29, 0.717) is 30.6 Å². The summed E-state index contributed by atoms with van der Waals surface area (Å²) in [7, 11) is 0. The molecule has 5 rings (SSSR count). The Morgan fingerprint density at radius 1 is 1.00 bits per heavy atom. The minimum absolute atomic E-state index is 0.0496. The Balaban J connectivity index is 1.62. The van der Waals surface area contributed by atoms with Gasteiger partial charge in [-0.25, -0.2) is 4.98 Å². The molecular weight excluding hydrogens is 444 g/mol. The molecule has 2 aromatic carbocycles. The van der Waals surface area contributed by atoms with Crippen LogP contribution in [0, 0.1) is 0 Å². The molecular formula is C28H26N2O5. The van der Waals surface area contributed by atoms with Crippen LogP contribution in [0.2, 0.25) is 0 Å². The van der Waals surface area contributed by atoms with Crippen molar-refractivity contribution in [3.63, 3.8) is 0 Å². The molecule has 0 aliphatic carbocycles. The van der Waals surface area contributed by atoms with Gasteiger partial charge in [0.25, 0.3) is 5.91 Å². The summed E-state index contributed by atoms with van der Waals surface area (Å²) < 4.78 is 11.2. The first-order valence-electron chi connectivity index (χ1n) is 11.7. The van der Waals surface area contributed by atoms with E-state index in [4.69, 9.17) is 9.47 Å². The van der Waals surface area contributed by atoms with Crippen LogP contribution in [0.25, 0.3) is 5.76 Å². The Kier molecular flexibility index (Phi) is 5.99. The largest absolute Gasteiger partial charge is 0.872 e. The van der Waals surface area contributed by atoms with Crippen molar-refractivity contribution in [1.82, 2.24) is 4.90 Å². The van der Waals surface area contributed by atoms with Gasteiger partial charge in [0.1, 0.15) is 13.2 Å². The van der Waals surface area contributed by atoms with Gasteiger partial charge in [0, 0.05) is 24.3 Å². The molecule has 7 heteroatoms. The summed E-state index contributed by atoms with van der Waals surface area (Å²) in [5, 5.41) is 13.7. The monoisotopic (exact) mass is 470 g/mol. The number of ketones is 1. The van der Waals surface area contributed by atoms with Crippen molar-refractivity contribution < 1.29 is 29.2 Å². The third kappa shape index (κ3) is 4.25. The molecule has 1 saturated heterocycles. The molecule has 2 aliphatic rings. The number of carbonyl (C=O) groups is 2. The number of Topliss-reactive ketones (excluding diaryl/α,β-unsaturated/α-hetero) is 1. The quantitative estimate of drug-likeness (QED) is 0.325. The number of amides is 1. The van der Waals surface area contributed by atoms with Crippen molar-refractivity contribution in [2.75, 3.05) is 13.2 Å². The molecule has 1 fully saturated rings. The van der Waals surface area contributed by atoms with Crippen LogP contribution in [-0.2, 0) is 16.1 Å². The number of pyridine rings is 1. The maximum absolute atomic E-state index is 13.7. The maximum Gasteiger partial charge on any atom is 0.295 e. The molecule has 3 aromatic rings. The summed E-state index contributed by atoms with van der Waals surface area (Å²) in [5.41, 5.74) is 2.94. The van der Waals surface area contributed by atoms with Crippen molar-refractivity contribution in [1.29, 1.82) is 0 Å². The highest BCUT2D eigenvalue weighted by Gasteiger charge is 2.44. The Hall–Kier alpha value is -4.13. The molecule has 3 heterocycles. The highest BCUT2D eigenvalue weighted by atomic mass is 16.6. The van der Waals surface area contributed by atoms with Crippen molar-refractivity contribution in [2.24, 2.45) is 0 Å². The van der Waals surface area contributed by atoms with Crippen molar-refractivity contribution in [3.8, 4) is 11.5 Å². The van der Waals surface area contributed by atoms with E-state index in [1.807, 2.05) is 36.4 Å². The van der Waals surface area contributed by atoms with Crippen LogP contribution in [0.3, 0.4) is 0 Å². The van der Waals surface area contributed by atoms with Crippen molar-refractivity contribution in [3.05, 3.63) is 94.8 Å². The maximum atomic E-state index is 13.7. The molecule has 7 nitrogen and oxygen atoms in total. The fourth-order valence-corrected chi connectivity index (χ4v) is 4.51. The number of aromatic nitrogens is 1. The Bertz CT molecular complexity index is 1300. The molecule has 35 heavy (non-hydrogen) atoms. The molecule has 1 aromatic heterocycles. The van der Waals surface area contributed by atoms with E-state index in [0.717, 1.165) is 16.7 Å². The number of ether oxygens (including phenoxy) is 2. The number of carbonyl (C=O) groups excluding carboxylic acids is 2. The lowest BCUT2D eigenvalue weighted by Gasteiger charge is -2.28. The Morgan fingerprint density at radius 3 is 2.37 bits per heavy atom. The predicted octanol–water partition coefficient (Wildman–Crippen LogP) is 2.82. The zero-order valence-electron chi connectivity index (χ0n) is 19.6. The summed E-state index contributed by atoms with van der Waals surface area (Å²) >= 11 is 0. The summed E-state index contributed by atoms with van der Waals surface area (Å²) in [5.74, 6) is -0.607. The summed E-state index contributed by atoms with van der Waals surface area (Å²) in [6.07, 6.45) is 3.52. The minimum Gasteiger partial charge on any atom is -0.872 e. The number of likely N-dealkylation sites (tertiary alicyclic amines) is 1. The van der Waals surface area contributed by atoms with Crippen molar-refractivity contribution >= 4 is 17.4 Å². The number of nitrogens with one attached hydrogen (secondary N) is 1. The number of hydrogen-bond donors (Lipinski definition) is 0. The molecule has 178 valence electrons. The van der Waals surface area contributed by atoms with E-state index >= 15 is 0 Å². The lowest BCUT2D eigenvalue weighted by atomic mass is 9.93. The zero-order chi connectivity index (χ0) is 24.5. The lowest BCUT2D eigenvalue weighted by molar-refractivity contribution is -0.378. The van der Waals surface area contributed by atoms with E-state index in [9.17, 15) is 14.7 Å². The second-order valence-corrected chi connectivity index (χ2v) is 9.00. The smallest absolute Gasteiger partial charge is 0.295 e. The van der Waals surface area contributed by atoms with Crippen LogP contribution in [0.4, 0.5) is 0 Å². The average molecular weight is 471 g/mol. The predicted molar refractivity (Wildman–Crippen MR) is 126 cm³/mol. The minimum atomic E-state index is -0.791. The van der Waals surface area contributed by atoms with Crippen LogP contribution in [-0.4, -0.2) is 29.8 Å². The zero-order valence-corrected chi connectivity index (χ0v) is 19.6. The van der Waals surface area contributed by atoms with E-state index < -0.39 is 23.5 Å². The summed E-state index contributed by atoms with van der Waals surface area (Å²) in [6.45, 7) is 5.21. The number of hydrogen-bond acceptors (Lipinski definition) is 5. The summed E-state index contributed by atoms with van der Waals surface area (Å²) in [6, 6.07) is 15.5. The molecule has 0 spiro atoms. The molecule has 1 N–H and O–H groups in total. The van der Waals surface area contributed by atoms with Gasteiger partial charge in [-0.15, -0.1) is 0 Å². The standard InChI is InChI=1S/C28H26N2O5/c1-17(2)19-3-5-20(6-4-19)25-24(26(31)21-7-8-22-23(15-21)35-14-13-34-22)27(32)28(33)30(25)16-18-9-11-29-12-10-18/h3-12,15,17,25,31H,13-14,16H2,1-2H3/b26-24+. The normalized spacial score (nSPS) is 18.8. The van der Waals surface area contributed by atoms with Crippen LogP contribution in [0.15, 0.2) is 72.6 Å². The number of nitrogens with zero attached hydrogens (tertiary/aromatic N) is 1. The fraction of sp³-hybridized carbons (Fsp3) is 0.250. The molecule has 0 bridgehead atoms. The first-order valence-corrected chi connectivity index (χ1v) is 11.7. The molecule has 1 unspecified atom stereocenters. The second-order valence-electron chi connectivity index (χ2n) is 9.00. The highest BCUT2D eigenvalue weighted by molar-refractivity contribution is 6.46. The summed E-state index contributed by atoms with van der Waals surface area (Å²) in [4.78, 5) is 30.9. The first-order chi connectivity index (χ1) is 16.9. The third-order valence-corrected chi connectivity index (χ3v) is 6.39. The second kappa shape index (κ2) is 9.25. The fourth-order valence-electron chi connectivity index (χ4n) is 4.51. The van der Waals surface area contributed by atoms with E-state index in [1.165, 1.54) is 4.90 Å². The number of H-pyrrole nitrogens is 1.